The van der Waals surface area contributed by atoms with Crippen LogP contribution in [0.1, 0.15) is 10.4 Å². The highest BCUT2D eigenvalue weighted by Crippen LogP contribution is 2.31. The van der Waals surface area contributed by atoms with Gasteiger partial charge in [0, 0.05) is 28.0 Å². The van der Waals surface area contributed by atoms with Crippen molar-refractivity contribution in [1.29, 1.82) is 0 Å². The maximum Gasteiger partial charge on any atom is 0.255 e. The topological polar surface area (TPSA) is 108 Å². The molecule has 0 fully saturated rings. The van der Waals surface area contributed by atoms with Crippen molar-refractivity contribution < 1.29 is 9.18 Å². The molecule has 10 heteroatoms. The van der Waals surface area contributed by atoms with E-state index < -0.39 is 11.7 Å². The third-order valence-electron chi connectivity index (χ3n) is 4.82. The second-order valence-electron chi connectivity index (χ2n) is 7.01. The normalized spacial score (nSPS) is 10.8. The second kappa shape index (κ2) is 8.64. The van der Waals surface area contributed by atoms with Gasteiger partial charge in [0.2, 0.25) is 0 Å². The van der Waals surface area contributed by atoms with Gasteiger partial charge in [-0.25, -0.2) is 24.3 Å². The zero-order valence-electron chi connectivity index (χ0n) is 16.9. The number of hydrogen-bond donors (Lipinski definition) is 3. The number of aromatic amines is 1. The molecule has 0 spiro atoms. The summed E-state index contributed by atoms with van der Waals surface area (Å²) in [6, 6.07) is 14.3. The molecule has 0 radical (unpaired) electrons. The number of H-pyrrole nitrogens is 1. The average Bonchev–Trinajstić information content (AvgIpc) is 3.30. The van der Waals surface area contributed by atoms with Crippen LogP contribution in [-0.4, -0.2) is 30.8 Å². The Morgan fingerprint density at radius 3 is 2.76 bits per heavy atom. The number of amides is 1. The van der Waals surface area contributed by atoms with Crippen LogP contribution in [0.5, 0.6) is 0 Å². The molecule has 8 nitrogen and oxygen atoms in total. The SMILES string of the molecule is O=C(Nc1ccccc1F)c1cc(Cl)cc(Nc2ncccc2-c2ncnc3[nH]cnc23)c1. The van der Waals surface area contributed by atoms with E-state index in [9.17, 15) is 9.18 Å². The molecule has 0 aliphatic carbocycles. The maximum atomic E-state index is 13.9. The first kappa shape index (κ1) is 20.5. The highest BCUT2D eigenvalue weighted by atomic mass is 35.5. The fraction of sp³-hybridized carbons (Fsp3) is 0. The van der Waals surface area contributed by atoms with Gasteiger partial charge in [0.25, 0.3) is 5.91 Å². The molecule has 2 aromatic carbocycles. The molecule has 3 aromatic heterocycles. The van der Waals surface area contributed by atoms with Crippen molar-refractivity contribution in [1.82, 2.24) is 24.9 Å². The summed E-state index contributed by atoms with van der Waals surface area (Å²) < 4.78 is 13.9. The van der Waals surface area contributed by atoms with Crippen molar-refractivity contribution in [3.05, 3.63) is 89.9 Å². The van der Waals surface area contributed by atoms with Gasteiger partial charge >= 0.3 is 0 Å². The van der Waals surface area contributed by atoms with Crippen LogP contribution in [0, 0.1) is 5.82 Å². The third kappa shape index (κ3) is 4.21. The largest absolute Gasteiger partial charge is 0.340 e. The van der Waals surface area contributed by atoms with Crippen LogP contribution in [0.25, 0.3) is 22.4 Å². The Balaban J connectivity index is 1.48. The summed E-state index contributed by atoms with van der Waals surface area (Å²) in [7, 11) is 0. The summed E-state index contributed by atoms with van der Waals surface area (Å²) in [6.45, 7) is 0. The molecule has 1 amide bonds. The van der Waals surface area contributed by atoms with E-state index in [2.05, 4.69) is 35.6 Å². The molecule has 0 atom stereocenters. The van der Waals surface area contributed by atoms with E-state index in [1.807, 2.05) is 6.07 Å². The smallest absolute Gasteiger partial charge is 0.255 e. The van der Waals surface area contributed by atoms with Gasteiger partial charge in [-0.05, 0) is 42.5 Å². The Hall–Kier alpha value is -4.37. The number of aromatic nitrogens is 5. The van der Waals surface area contributed by atoms with Crippen molar-refractivity contribution in [3.63, 3.8) is 0 Å². The third-order valence-corrected chi connectivity index (χ3v) is 5.04. The summed E-state index contributed by atoms with van der Waals surface area (Å²) >= 11 is 6.27. The van der Waals surface area contributed by atoms with E-state index in [4.69, 9.17) is 11.6 Å². The lowest BCUT2D eigenvalue weighted by molar-refractivity contribution is 0.102. The minimum absolute atomic E-state index is 0.0794. The van der Waals surface area contributed by atoms with Crippen molar-refractivity contribution in [2.45, 2.75) is 0 Å². The number of pyridine rings is 1. The number of nitrogens with one attached hydrogen (secondary N) is 3. The van der Waals surface area contributed by atoms with E-state index in [-0.39, 0.29) is 11.3 Å². The van der Waals surface area contributed by atoms with Gasteiger partial charge in [0.1, 0.15) is 29.2 Å². The first-order chi connectivity index (χ1) is 16.1. The standard InChI is InChI=1S/C23H15ClFN7O/c24-14-8-13(23(33)32-18-6-2-1-5-17(18)25)9-15(10-14)31-21-16(4-3-7-26-21)19-20-22(29-11-27-19)30-12-28-20/h1-12H,(H,26,31)(H,32,33)(H,27,28,29,30). The molecule has 5 aromatic rings. The number of para-hydroxylation sites is 1. The van der Waals surface area contributed by atoms with Gasteiger partial charge in [-0.15, -0.1) is 0 Å². The Morgan fingerprint density at radius 2 is 1.88 bits per heavy atom. The van der Waals surface area contributed by atoms with Crippen LogP contribution in [0.2, 0.25) is 5.02 Å². The number of imidazole rings is 1. The Labute approximate surface area is 191 Å². The van der Waals surface area contributed by atoms with Gasteiger partial charge in [0.15, 0.2) is 5.65 Å². The number of halogens is 2. The first-order valence-corrected chi connectivity index (χ1v) is 10.2. The molecule has 0 aliphatic heterocycles. The Bertz CT molecular complexity index is 1490. The zero-order chi connectivity index (χ0) is 22.8. The molecule has 0 saturated heterocycles. The quantitative estimate of drug-likeness (QED) is 0.333. The molecule has 3 N–H and O–H groups in total. The lowest BCUT2D eigenvalue weighted by Crippen LogP contribution is -2.13. The molecule has 5 rings (SSSR count). The van der Waals surface area contributed by atoms with Crippen molar-refractivity contribution in [3.8, 4) is 11.3 Å². The van der Waals surface area contributed by atoms with E-state index in [1.54, 1.807) is 42.9 Å². The van der Waals surface area contributed by atoms with Gasteiger partial charge in [-0.3, -0.25) is 4.79 Å². The van der Waals surface area contributed by atoms with Gasteiger partial charge in [0.05, 0.1) is 12.0 Å². The van der Waals surface area contributed by atoms with Crippen LogP contribution in [0.4, 0.5) is 21.6 Å². The Kier molecular flexibility index (Phi) is 5.37. The van der Waals surface area contributed by atoms with E-state index >= 15 is 0 Å². The predicted molar refractivity (Wildman–Crippen MR) is 124 cm³/mol. The van der Waals surface area contributed by atoms with Crippen molar-refractivity contribution in [2.24, 2.45) is 0 Å². The average molecular weight is 460 g/mol. The number of carbonyl (C=O) groups is 1. The summed E-state index contributed by atoms with van der Waals surface area (Å²) in [5, 5.41) is 6.07. The molecule has 0 unspecified atom stereocenters. The minimum atomic E-state index is -0.529. The zero-order valence-corrected chi connectivity index (χ0v) is 17.6. The van der Waals surface area contributed by atoms with Crippen molar-refractivity contribution in [2.75, 3.05) is 10.6 Å². The number of rotatable bonds is 5. The van der Waals surface area contributed by atoms with Crippen LogP contribution in [0.3, 0.4) is 0 Å². The number of carbonyl (C=O) groups excluding carboxylic acids is 1. The van der Waals surface area contributed by atoms with Crippen LogP contribution >= 0.6 is 11.6 Å². The number of anilines is 3. The molecule has 162 valence electrons. The number of hydrogen-bond acceptors (Lipinski definition) is 6. The fourth-order valence-electron chi connectivity index (χ4n) is 3.34. The lowest BCUT2D eigenvalue weighted by Gasteiger charge is -2.13. The molecule has 33 heavy (non-hydrogen) atoms. The number of nitrogens with zero attached hydrogens (tertiary/aromatic N) is 4. The van der Waals surface area contributed by atoms with Crippen LogP contribution in [-0.2, 0) is 0 Å². The fourth-order valence-corrected chi connectivity index (χ4v) is 3.58. The first-order valence-electron chi connectivity index (χ1n) is 9.81. The number of fused-ring (bicyclic) bond motifs is 1. The minimum Gasteiger partial charge on any atom is -0.340 e. The maximum absolute atomic E-state index is 13.9. The molecule has 0 aliphatic rings. The number of benzene rings is 2. The van der Waals surface area contributed by atoms with E-state index in [1.165, 1.54) is 24.5 Å². The molecular formula is C23H15ClFN7O. The molecule has 3 heterocycles. The van der Waals surface area contributed by atoms with Gasteiger partial charge in [-0.2, -0.15) is 0 Å². The molecule has 0 saturated carbocycles. The Morgan fingerprint density at radius 1 is 1.00 bits per heavy atom. The van der Waals surface area contributed by atoms with E-state index in [0.717, 1.165) is 0 Å². The van der Waals surface area contributed by atoms with Gasteiger partial charge < -0.3 is 15.6 Å². The lowest BCUT2D eigenvalue weighted by atomic mass is 10.1. The molecule has 0 bridgehead atoms. The van der Waals surface area contributed by atoms with E-state index in [0.29, 0.717) is 38.9 Å². The summed E-state index contributed by atoms with van der Waals surface area (Å²) in [5.41, 5.74) is 3.34. The second-order valence-corrected chi connectivity index (χ2v) is 7.45. The molecular weight excluding hydrogens is 445 g/mol. The summed E-state index contributed by atoms with van der Waals surface area (Å²) in [6.07, 6.45) is 4.62. The van der Waals surface area contributed by atoms with Crippen LogP contribution < -0.4 is 10.6 Å². The van der Waals surface area contributed by atoms with Gasteiger partial charge in [-0.1, -0.05) is 23.7 Å². The highest BCUT2D eigenvalue weighted by Gasteiger charge is 2.15. The highest BCUT2D eigenvalue weighted by molar-refractivity contribution is 6.31. The summed E-state index contributed by atoms with van der Waals surface area (Å²) in [5.74, 6) is -0.539. The summed E-state index contributed by atoms with van der Waals surface area (Å²) in [4.78, 5) is 32.9. The monoisotopic (exact) mass is 459 g/mol. The van der Waals surface area contributed by atoms with Crippen LogP contribution in [0.15, 0.2) is 73.4 Å². The van der Waals surface area contributed by atoms with Crippen molar-refractivity contribution >= 4 is 45.9 Å². The predicted octanol–water partition coefficient (Wildman–Crippen LogP) is 5.20.